The molecule has 1 atom stereocenters. The van der Waals surface area contributed by atoms with Gasteiger partial charge in [0.25, 0.3) is 0 Å². The zero-order valence-corrected chi connectivity index (χ0v) is 9.42. The Labute approximate surface area is 88.2 Å². The molecule has 1 N–H and O–H groups in total. The Balaban J connectivity index is 1.98. The zero-order valence-electron chi connectivity index (χ0n) is 8.60. The van der Waals surface area contributed by atoms with Gasteiger partial charge in [0.15, 0.2) is 0 Å². The second kappa shape index (κ2) is 3.95. The van der Waals surface area contributed by atoms with Crippen molar-refractivity contribution in [3.63, 3.8) is 0 Å². The number of rotatable bonds is 3. The average Bonchev–Trinajstić information content (AvgIpc) is 2.51. The average molecular weight is 212 g/mol. The smallest absolute Gasteiger partial charge is 0.145 e. The maximum absolute atomic E-state index is 9.32. The molecule has 1 heterocycles. The van der Waals surface area contributed by atoms with Crippen molar-refractivity contribution in [3.05, 3.63) is 10.0 Å². The summed E-state index contributed by atoms with van der Waals surface area (Å²) in [6.45, 7) is 3.97. The first-order chi connectivity index (χ1) is 6.70. The zero-order chi connectivity index (χ0) is 10.1. The summed E-state index contributed by atoms with van der Waals surface area (Å²) in [7, 11) is 0. The maximum atomic E-state index is 9.32. The molecule has 0 aliphatic heterocycles. The second-order valence-electron chi connectivity index (χ2n) is 4.10. The molecule has 0 amide bonds. The molecule has 4 heteroatoms. The van der Waals surface area contributed by atoms with Crippen LogP contribution in [0.5, 0.6) is 0 Å². The predicted molar refractivity (Wildman–Crippen MR) is 56.3 cm³/mol. The summed E-state index contributed by atoms with van der Waals surface area (Å²) >= 11 is 1.57. The van der Waals surface area contributed by atoms with Gasteiger partial charge in [-0.25, -0.2) is 0 Å². The molecule has 1 aliphatic rings. The molecule has 1 aromatic heterocycles. The van der Waals surface area contributed by atoms with Gasteiger partial charge in [0.2, 0.25) is 0 Å². The largest absolute Gasteiger partial charge is 0.386 e. The highest BCUT2D eigenvalue weighted by Crippen LogP contribution is 2.44. The van der Waals surface area contributed by atoms with Crippen LogP contribution < -0.4 is 0 Å². The van der Waals surface area contributed by atoms with Crippen LogP contribution in [0.15, 0.2) is 0 Å². The summed E-state index contributed by atoms with van der Waals surface area (Å²) < 4.78 is 0. The maximum Gasteiger partial charge on any atom is 0.145 e. The molecule has 0 radical (unpaired) electrons. The Kier molecular flexibility index (Phi) is 2.83. The van der Waals surface area contributed by atoms with Crippen LogP contribution >= 0.6 is 11.3 Å². The highest BCUT2D eigenvalue weighted by Gasteiger charge is 2.31. The van der Waals surface area contributed by atoms with Crippen molar-refractivity contribution in [3.8, 4) is 0 Å². The molecule has 78 valence electrons. The highest BCUT2D eigenvalue weighted by atomic mass is 32.1. The van der Waals surface area contributed by atoms with Crippen molar-refractivity contribution in [2.24, 2.45) is 5.92 Å². The molecule has 14 heavy (non-hydrogen) atoms. The van der Waals surface area contributed by atoms with E-state index in [1.807, 2.05) is 0 Å². The molecule has 1 aliphatic carbocycles. The number of nitrogens with zero attached hydrogens (tertiary/aromatic N) is 2. The van der Waals surface area contributed by atoms with E-state index in [1.165, 1.54) is 19.3 Å². The molecule has 2 rings (SSSR count). The third kappa shape index (κ3) is 1.81. The summed E-state index contributed by atoms with van der Waals surface area (Å²) in [5.74, 6) is 1.50. The van der Waals surface area contributed by atoms with E-state index in [9.17, 15) is 5.11 Å². The van der Waals surface area contributed by atoms with E-state index in [2.05, 4.69) is 17.1 Å². The molecule has 0 spiro atoms. The third-order valence-corrected chi connectivity index (χ3v) is 4.23. The van der Waals surface area contributed by atoms with Crippen molar-refractivity contribution in [1.29, 1.82) is 0 Å². The molecule has 1 fully saturated rings. The van der Waals surface area contributed by atoms with Crippen molar-refractivity contribution in [1.82, 2.24) is 10.2 Å². The topological polar surface area (TPSA) is 46.0 Å². The van der Waals surface area contributed by atoms with Crippen LogP contribution in [0.25, 0.3) is 0 Å². The number of hydrogen-bond acceptors (Lipinski definition) is 4. The van der Waals surface area contributed by atoms with E-state index >= 15 is 0 Å². The minimum Gasteiger partial charge on any atom is -0.386 e. The van der Waals surface area contributed by atoms with E-state index in [-0.39, 0.29) is 0 Å². The van der Waals surface area contributed by atoms with E-state index in [0.717, 1.165) is 15.9 Å². The van der Waals surface area contributed by atoms with Gasteiger partial charge in [-0.3, -0.25) is 0 Å². The molecular weight excluding hydrogens is 196 g/mol. The van der Waals surface area contributed by atoms with Crippen molar-refractivity contribution in [2.75, 3.05) is 0 Å². The third-order valence-electron chi connectivity index (χ3n) is 2.98. The first-order valence-corrected chi connectivity index (χ1v) is 6.03. The Morgan fingerprint density at radius 3 is 2.71 bits per heavy atom. The number of aromatic nitrogens is 2. The number of hydrogen-bond donors (Lipinski definition) is 1. The Morgan fingerprint density at radius 2 is 2.21 bits per heavy atom. The Morgan fingerprint density at radius 1 is 1.50 bits per heavy atom. The molecule has 0 saturated heterocycles. The number of aliphatic hydroxyl groups is 1. The van der Waals surface area contributed by atoms with Gasteiger partial charge in [-0.1, -0.05) is 24.7 Å². The first-order valence-electron chi connectivity index (χ1n) is 5.22. The summed E-state index contributed by atoms with van der Waals surface area (Å²) in [4.78, 5) is 0. The summed E-state index contributed by atoms with van der Waals surface area (Å²) in [6, 6.07) is 0. The molecule has 3 nitrogen and oxygen atoms in total. The van der Waals surface area contributed by atoms with E-state index in [1.54, 1.807) is 18.3 Å². The van der Waals surface area contributed by atoms with Gasteiger partial charge < -0.3 is 5.11 Å². The molecular formula is C10H16N2OS. The van der Waals surface area contributed by atoms with Gasteiger partial charge in [0.1, 0.15) is 16.1 Å². The quantitative estimate of drug-likeness (QED) is 0.837. The fourth-order valence-corrected chi connectivity index (χ4v) is 2.76. The van der Waals surface area contributed by atoms with Crippen LogP contribution in [-0.2, 0) is 0 Å². The van der Waals surface area contributed by atoms with Gasteiger partial charge >= 0.3 is 0 Å². The van der Waals surface area contributed by atoms with Gasteiger partial charge in [0, 0.05) is 5.92 Å². The molecule has 0 aromatic carbocycles. The minimum absolute atomic E-state index is 0.469. The summed E-state index contributed by atoms with van der Waals surface area (Å²) in [6.07, 6.45) is 3.32. The van der Waals surface area contributed by atoms with Crippen LogP contribution in [0, 0.1) is 5.92 Å². The first kappa shape index (κ1) is 10.1. The van der Waals surface area contributed by atoms with Crippen molar-refractivity contribution in [2.45, 2.75) is 45.1 Å². The summed E-state index contributed by atoms with van der Waals surface area (Å²) in [5.41, 5.74) is 0. The lowest BCUT2D eigenvalue weighted by Gasteiger charge is -2.32. The lowest BCUT2D eigenvalue weighted by atomic mass is 9.74. The van der Waals surface area contributed by atoms with Gasteiger partial charge in [-0.05, 0) is 25.7 Å². The standard InChI is InChI=1S/C10H16N2OS/c1-3-7-4-8(5-7)10-12-11-9(14-10)6(2)13/h6-8,13H,3-5H2,1-2H3/t6-,7?,8?/m0/s1. The van der Waals surface area contributed by atoms with Crippen LogP contribution in [0.2, 0.25) is 0 Å². The lowest BCUT2D eigenvalue weighted by Crippen LogP contribution is -2.20. The SMILES string of the molecule is CCC1CC(c2nnc([C@H](C)O)s2)C1. The normalized spacial score (nSPS) is 28.5. The van der Waals surface area contributed by atoms with Gasteiger partial charge in [-0.15, -0.1) is 10.2 Å². The second-order valence-corrected chi connectivity index (χ2v) is 5.14. The highest BCUT2D eigenvalue weighted by molar-refractivity contribution is 7.11. The molecule has 0 unspecified atom stereocenters. The lowest BCUT2D eigenvalue weighted by molar-refractivity contribution is 0.198. The van der Waals surface area contributed by atoms with Crippen LogP contribution in [0.4, 0.5) is 0 Å². The summed E-state index contributed by atoms with van der Waals surface area (Å²) in [5, 5.41) is 19.3. The minimum atomic E-state index is -0.469. The van der Waals surface area contributed by atoms with Crippen LogP contribution in [0.3, 0.4) is 0 Å². The fourth-order valence-electron chi connectivity index (χ4n) is 1.85. The van der Waals surface area contributed by atoms with Crippen molar-refractivity contribution >= 4 is 11.3 Å². The molecule has 1 saturated carbocycles. The van der Waals surface area contributed by atoms with E-state index in [4.69, 9.17) is 0 Å². The van der Waals surface area contributed by atoms with Crippen LogP contribution in [-0.4, -0.2) is 15.3 Å². The Bertz CT molecular complexity index is 305. The molecule has 1 aromatic rings. The monoisotopic (exact) mass is 212 g/mol. The van der Waals surface area contributed by atoms with Gasteiger partial charge in [0.05, 0.1) is 0 Å². The van der Waals surface area contributed by atoms with E-state index < -0.39 is 6.10 Å². The predicted octanol–water partition coefficient (Wildman–Crippen LogP) is 2.50. The molecule has 0 bridgehead atoms. The Hall–Kier alpha value is -0.480. The van der Waals surface area contributed by atoms with Gasteiger partial charge in [-0.2, -0.15) is 0 Å². The fraction of sp³-hybridized carbons (Fsp3) is 0.800. The van der Waals surface area contributed by atoms with E-state index in [0.29, 0.717) is 5.92 Å². The number of aliphatic hydroxyl groups excluding tert-OH is 1. The van der Waals surface area contributed by atoms with Crippen LogP contribution in [0.1, 0.15) is 55.1 Å². The van der Waals surface area contributed by atoms with Crippen molar-refractivity contribution < 1.29 is 5.11 Å².